The summed E-state index contributed by atoms with van der Waals surface area (Å²) in [4.78, 5) is 139. The van der Waals surface area contributed by atoms with E-state index in [9.17, 15) is 80.8 Å². The maximum Gasteiger partial charge on any atom is 0.410 e. The molecule has 18 atom stereocenters. The summed E-state index contributed by atoms with van der Waals surface area (Å²) >= 11 is 14.3. The zero-order valence-electron chi connectivity index (χ0n) is 69.0. The van der Waals surface area contributed by atoms with Gasteiger partial charge in [0.15, 0.2) is 29.0 Å². The smallest absolute Gasteiger partial charge is 0.410 e. The van der Waals surface area contributed by atoms with E-state index in [4.69, 9.17) is 61.1 Å². The highest BCUT2D eigenvalue weighted by Gasteiger charge is 2.50. The molecule has 0 aromatic heterocycles. The summed E-state index contributed by atoms with van der Waals surface area (Å²) in [5.74, 6) is -17.6. The summed E-state index contributed by atoms with van der Waals surface area (Å²) in [6.07, 6.45) is -17.0. The van der Waals surface area contributed by atoms with Gasteiger partial charge in [-0.3, -0.25) is 38.5 Å². The molecule has 0 unspecified atom stereocenters. The molecule has 7 aromatic carbocycles. The van der Waals surface area contributed by atoms with Crippen molar-refractivity contribution in [1.82, 2.24) is 42.1 Å². The van der Waals surface area contributed by atoms with Crippen molar-refractivity contribution < 1.29 is 147 Å². The lowest BCUT2D eigenvalue weighted by atomic mass is 9.89. The zero-order valence-corrected chi connectivity index (χ0v) is 70.5. The number of fused-ring (bicyclic) bond motifs is 14. The first kappa shape index (κ1) is 92.6. The number of aliphatic hydroxyl groups is 8. The molecule has 8 amide bonds. The van der Waals surface area contributed by atoms with Crippen LogP contribution in [0.5, 0.6) is 69.0 Å². The number of carboxylic acid groups (broad SMARTS) is 1. The third-order valence-electron chi connectivity index (χ3n) is 22.2. The van der Waals surface area contributed by atoms with Crippen molar-refractivity contribution in [2.75, 3.05) is 20.3 Å². The normalized spacial score (nSPS) is 26.0. The van der Waals surface area contributed by atoms with E-state index < -0.39 is 295 Å². The summed E-state index contributed by atoms with van der Waals surface area (Å²) in [6, 6.07) is 3.70. The number of hydrogen-bond donors (Lipinski definition) is 20. The van der Waals surface area contributed by atoms with Crippen molar-refractivity contribution in [3.05, 3.63) is 164 Å². The number of hydrogen-bond acceptors (Lipinski definition) is 29. The Kier molecular flexibility index (Phi) is 28.2. The molecular formula is C87H96Cl2N8O30. The molecule has 7 aromatic rings. The van der Waals surface area contributed by atoms with Crippen LogP contribution in [-0.4, -0.2) is 224 Å². The molecule has 678 valence electrons. The molecular weight excluding hydrogens is 1710 g/mol. The van der Waals surface area contributed by atoms with Crippen molar-refractivity contribution in [2.45, 2.75) is 201 Å². The van der Waals surface area contributed by atoms with Crippen molar-refractivity contribution in [1.29, 1.82) is 0 Å². The number of carbonyl (C=O) groups excluding carboxylic acids is 8. The second-order valence-electron chi connectivity index (χ2n) is 33.0. The fraction of sp³-hybridized carbons (Fsp3) is 0.414. The molecule has 8 aliphatic heterocycles. The number of aliphatic hydroxyl groups excluding tert-OH is 8. The lowest BCUT2D eigenvalue weighted by Gasteiger charge is -2.42. The number of unbranched alkanes of at least 4 members (excludes halogenated alkanes) is 4. The van der Waals surface area contributed by atoms with Crippen LogP contribution in [0.4, 0.5) is 4.79 Å². The number of carboxylic acids is 1. The molecule has 0 aliphatic carbocycles. The zero-order chi connectivity index (χ0) is 91.6. The highest BCUT2D eigenvalue weighted by Crippen LogP contribution is 2.51. The number of phenols is 4. The molecule has 15 rings (SSSR count). The van der Waals surface area contributed by atoms with Gasteiger partial charge in [0.2, 0.25) is 59.7 Å². The topological polar surface area (TPSA) is 578 Å². The molecule has 0 saturated carbocycles. The van der Waals surface area contributed by atoms with Crippen molar-refractivity contribution >= 4 is 76.6 Å². The lowest BCUT2D eigenvalue weighted by molar-refractivity contribution is -0.277. The average Bonchev–Trinajstić information content (AvgIpc) is 0.759. The molecule has 2 fully saturated rings. The summed E-state index contributed by atoms with van der Waals surface area (Å²) in [5.41, 5.74) is -4.71. The monoisotopic (exact) mass is 1800 g/mol. The predicted octanol–water partition coefficient (Wildman–Crippen LogP) is 5.35. The number of amides is 8. The average molecular weight is 1800 g/mol. The first-order chi connectivity index (χ1) is 60.3. The highest BCUT2D eigenvalue weighted by atomic mass is 35.5. The van der Waals surface area contributed by atoms with Gasteiger partial charge in [-0.25, -0.2) is 9.59 Å². The molecule has 38 nitrogen and oxygen atoms in total. The Morgan fingerprint density at radius 1 is 0.551 bits per heavy atom. The second kappa shape index (κ2) is 38.6. The van der Waals surface area contributed by atoms with Crippen LogP contribution in [0.1, 0.15) is 155 Å². The van der Waals surface area contributed by atoms with Crippen LogP contribution in [0.2, 0.25) is 10.0 Å². The largest absolute Gasteiger partial charge is 0.508 e. The highest BCUT2D eigenvalue weighted by molar-refractivity contribution is 6.33. The molecule has 20 N–H and O–H groups in total. The van der Waals surface area contributed by atoms with Gasteiger partial charge >= 0.3 is 12.1 Å². The maximum absolute atomic E-state index is 16.8. The minimum Gasteiger partial charge on any atom is -0.508 e. The SMILES string of the molecule is CC(C)CCCCCCCC(=O)N[C@H]1[C@H](Oc2c3cc4cc2Oc2ccc(cc2Cl)[C@@H](O)[C@@H]2NC(=O)[C@H](NC(=O)[C@@H]4NC(=O)[C@H]4NC(=O)[C@@H](Cc5ccc(cc5)O3)NC(=O)[C@@H](N(C)C(=O)OC(C)(C)C)c3ccc(O)c(c3)Oc3cc(O)c(Cl)c4c3)c3ccc(O)c(c3)-c3c(O[C@H]4O[C@H](CO)[C@@H](O)[C@H](O)[C@@H]4O)cc(O)cc3[C@@H](C(=O)O)NC2=O)O[C@H](CO)[C@@H](O)[C@@H]1O. The lowest BCUT2D eigenvalue weighted by Crippen LogP contribution is -2.65. The number of aliphatic carboxylic acids is 1. The van der Waals surface area contributed by atoms with Gasteiger partial charge in [0.1, 0.15) is 137 Å². The minimum atomic E-state index is -2.47. The first-order valence-corrected chi connectivity index (χ1v) is 41.4. The van der Waals surface area contributed by atoms with Crippen LogP contribution >= 0.6 is 23.2 Å². The van der Waals surface area contributed by atoms with Crippen molar-refractivity contribution in [3.63, 3.8) is 0 Å². The summed E-state index contributed by atoms with van der Waals surface area (Å²) in [6.45, 7) is 6.95. The number of nitrogens with one attached hydrogen (secondary N) is 7. The molecule has 17 bridgehead atoms. The number of nitrogens with zero attached hydrogens (tertiary/aromatic N) is 1. The minimum absolute atomic E-state index is 0.0436. The molecule has 0 spiro atoms. The fourth-order valence-corrected chi connectivity index (χ4v) is 16.0. The number of halogens is 2. The number of carbonyl (C=O) groups is 9. The van der Waals surface area contributed by atoms with Crippen LogP contribution in [0, 0.1) is 5.92 Å². The van der Waals surface area contributed by atoms with Gasteiger partial charge in [-0.15, -0.1) is 0 Å². The van der Waals surface area contributed by atoms with Gasteiger partial charge in [0.25, 0.3) is 0 Å². The number of aromatic hydroxyl groups is 4. The van der Waals surface area contributed by atoms with Crippen LogP contribution in [-0.2, 0) is 59.0 Å². The number of phenolic OH excluding ortho intramolecular Hbond substituents is 4. The number of rotatable bonds is 17. The van der Waals surface area contributed by atoms with E-state index in [2.05, 4.69) is 51.1 Å². The Balaban J connectivity index is 1.04. The van der Waals surface area contributed by atoms with E-state index in [1.165, 1.54) is 43.4 Å². The Morgan fingerprint density at radius 3 is 1.83 bits per heavy atom. The summed E-state index contributed by atoms with van der Waals surface area (Å²) < 4.78 is 50.3. The van der Waals surface area contributed by atoms with Crippen LogP contribution in [0.25, 0.3) is 11.1 Å². The van der Waals surface area contributed by atoms with E-state index in [1.807, 2.05) is 0 Å². The van der Waals surface area contributed by atoms with Crippen LogP contribution < -0.4 is 60.9 Å². The van der Waals surface area contributed by atoms with E-state index in [0.717, 1.165) is 109 Å². The van der Waals surface area contributed by atoms with Crippen LogP contribution in [0.3, 0.4) is 0 Å². The predicted molar refractivity (Wildman–Crippen MR) is 443 cm³/mol. The van der Waals surface area contributed by atoms with E-state index >= 15 is 28.8 Å². The van der Waals surface area contributed by atoms with Gasteiger partial charge in [-0.1, -0.05) is 99.5 Å². The van der Waals surface area contributed by atoms with E-state index in [1.54, 1.807) is 20.8 Å². The van der Waals surface area contributed by atoms with E-state index in [-0.39, 0.29) is 28.9 Å². The molecule has 8 aliphatic rings. The van der Waals surface area contributed by atoms with Gasteiger partial charge in [0.05, 0.1) is 23.3 Å². The Bertz CT molecular complexity index is 5370. The van der Waals surface area contributed by atoms with Crippen LogP contribution in [0.15, 0.2) is 115 Å². The third-order valence-corrected chi connectivity index (χ3v) is 22.9. The van der Waals surface area contributed by atoms with Gasteiger partial charge in [-0.05, 0) is 134 Å². The fourth-order valence-electron chi connectivity index (χ4n) is 15.6. The number of benzene rings is 7. The molecule has 2 saturated heterocycles. The van der Waals surface area contributed by atoms with Gasteiger partial charge in [-0.2, -0.15) is 0 Å². The third kappa shape index (κ3) is 20.5. The Hall–Kier alpha value is -12.1. The second-order valence-corrected chi connectivity index (χ2v) is 33.8. The Labute approximate surface area is 734 Å². The maximum atomic E-state index is 16.8. The van der Waals surface area contributed by atoms with Gasteiger partial charge in [0, 0.05) is 54.3 Å². The number of likely N-dealkylation sites (N-methyl/N-ethyl adjacent to an activating group) is 1. The van der Waals surface area contributed by atoms with Crippen molar-refractivity contribution in [2.24, 2.45) is 5.92 Å². The van der Waals surface area contributed by atoms with Gasteiger partial charge < -0.3 is 141 Å². The molecule has 0 radical (unpaired) electrons. The summed E-state index contributed by atoms with van der Waals surface area (Å²) in [5, 5.41) is 165. The summed E-state index contributed by atoms with van der Waals surface area (Å²) in [7, 11) is 1.22. The first-order valence-electron chi connectivity index (χ1n) is 40.7. The van der Waals surface area contributed by atoms with Crippen molar-refractivity contribution in [3.8, 4) is 80.1 Å². The molecule has 127 heavy (non-hydrogen) atoms. The standard InChI is InChI=1S/C87H96Cl2N8O30/c1-36(2)12-10-8-7-9-11-13-60(104)91-68-73(108)71(106)58(34-98)124-84(68)126-76-56-28-41-29-57(76)122-53-23-18-40(26-48(53)88)70(105)67-81(115)95-66(83(117)118)46-30-42(100)31-55(123-85-75(110)74(109)72(107)59(35-99)125-85)61(46)45-25-38(16-21-50(45)101)63(78(112)96-67)92-79(113)64(41)93-80(114)65-47-32-44(33-52(103)62(47)89)121-54-27-39(17-22-51(54)102)69(97(6)86(119)127-87(3,4)5)82(116)90-49(77(111)94-65)24-37-14-19-43(120-56)20-15-37/h14-23,25-33,36,49,58-59,63-75,84-85,98-103,105-110H,7-13,24,34-35H2,1-6H3,(H,90,116)(H,91,104)(H,92,113)(H,93,114)(H,94,111)(H,95,115)(H,96,112)(H,117,118)/t49-,58-,59-,63-,64-,65+,66+,67+,68-,69+,70-,71-,72-,73-,74+,75+,84+,85+/m1/s1. The molecule has 8 heterocycles. The molecule has 40 heteroatoms. The van der Waals surface area contributed by atoms with E-state index in [0.29, 0.717) is 18.8 Å². The number of ether oxygens (including phenoxy) is 8. The quantitative estimate of drug-likeness (QED) is 0.0511. The Morgan fingerprint density at radius 2 is 1.16 bits per heavy atom.